The number of fused-ring (bicyclic) bond motifs is 1. The number of halogens is 1. The summed E-state index contributed by atoms with van der Waals surface area (Å²) in [6.07, 6.45) is 1.31. The van der Waals surface area contributed by atoms with E-state index in [1.54, 1.807) is 0 Å². The Labute approximate surface area is 84.6 Å². The Kier molecular flexibility index (Phi) is 2.11. The Morgan fingerprint density at radius 3 is 2.80 bits per heavy atom. The molecule has 0 unspecified atom stereocenters. The van der Waals surface area contributed by atoms with Crippen LogP contribution >= 0.6 is 0 Å². The van der Waals surface area contributed by atoms with Crippen molar-refractivity contribution in [3.63, 3.8) is 0 Å². The highest BCUT2D eigenvalue weighted by Gasteiger charge is 2.08. The number of aromatic amines is 1. The number of nitrogens with one attached hydrogen (secondary N) is 1. The summed E-state index contributed by atoms with van der Waals surface area (Å²) in [6.45, 7) is 1.32. The van der Waals surface area contributed by atoms with Crippen molar-refractivity contribution in [2.24, 2.45) is 0 Å². The van der Waals surface area contributed by atoms with Gasteiger partial charge in [-0.3, -0.25) is 9.59 Å². The van der Waals surface area contributed by atoms with Gasteiger partial charge in [-0.1, -0.05) is 0 Å². The number of benzene rings is 1. The maximum atomic E-state index is 12.8. The molecule has 0 radical (unpaired) electrons. The van der Waals surface area contributed by atoms with Gasteiger partial charge in [0, 0.05) is 11.6 Å². The van der Waals surface area contributed by atoms with Crippen molar-refractivity contribution < 1.29 is 9.18 Å². The molecular formula is C11H8FNO2. The number of Topliss-reactive ketones (excluding diaryl/α,β-unsaturated/α-hetero) is 1. The number of rotatable bonds is 1. The van der Waals surface area contributed by atoms with Gasteiger partial charge in [0.15, 0.2) is 11.2 Å². The number of pyridine rings is 1. The Morgan fingerprint density at radius 1 is 1.40 bits per heavy atom. The summed E-state index contributed by atoms with van der Waals surface area (Å²) < 4.78 is 12.8. The van der Waals surface area contributed by atoms with E-state index in [-0.39, 0.29) is 16.8 Å². The predicted octanol–water partition coefficient (Wildman–Crippen LogP) is 1.87. The second-order valence-corrected chi connectivity index (χ2v) is 3.28. The minimum absolute atomic E-state index is 0.0918. The van der Waals surface area contributed by atoms with E-state index >= 15 is 0 Å². The lowest BCUT2D eigenvalue weighted by Crippen LogP contribution is -2.13. The Morgan fingerprint density at radius 2 is 2.13 bits per heavy atom. The third-order valence-corrected chi connectivity index (χ3v) is 2.22. The predicted molar refractivity (Wildman–Crippen MR) is 54.5 cm³/mol. The molecule has 15 heavy (non-hydrogen) atoms. The normalized spacial score (nSPS) is 10.5. The lowest BCUT2D eigenvalue weighted by Gasteiger charge is -1.99. The van der Waals surface area contributed by atoms with Crippen LogP contribution in [0.15, 0.2) is 29.2 Å². The molecular weight excluding hydrogens is 197 g/mol. The molecule has 0 aliphatic carbocycles. The molecule has 0 amide bonds. The van der Waals surface area contributed by atoms with E-state index in [4.69, 9.17) is 0 Å². The molecule has 0 aliphatic heterocycles. The molecule has 0 spiro atoms. The van der Waals surface area contributed by atoms with E-state index in [1.807, 2.05) is 0 Å². The van der Waals surface area contributed by atoms with Crippen LogP contribution < -0.4 is 5.43 Å². The minimum atomic E-state index is -0.422. The van der Waals surface area contributed by atoms with E-state index in [0.717, 1.165) is 0 Å². The van der Waals surface area contributed by atoms with Crippen molar-refractivity contribution in [3.05, 3.63) is 46.0 Å². The first kappa shape index (κ1) is 9.58. The zero-order valence-corrected chi connectivity index (χ0v) is 8.00. The Bertz CT molecular complexity index is 601. The highest BCUT2D eigenvalue weighted by atomic mass is 19.1. The van der Waals surface area contributed by atoms with E-state index in [9.17, 15) is 14.0 Å². The monoisotopic (exact) mass is 205 g/mol. The molecule has 1 aromatic heterocycles. The zero-order chi connectivity index (χ0) is 11.0. The van der Waals surface area contributed by atoms with Gasteiger partial charge in [0.05, 0.1) is 11.1 Å². The Hall–Kier alpha value is -1.97. The number of H-pyrrole nitrogens is 1. The van der Waals surface area contributed by atoms with Crippen LogP contribution in [0.1, 0.15) is 17.3 Å². The summed E-state index contributed by atoms with van der Waals surface area (Å²) in [7, 11) is 0. The number of ketones is 1. The number of aromatic nitrogens is 1. The molecule has 0 atom stereocenters. The maximum absolute atomic E-state index is 12.8. The van der Waals surface area contributed by atoms with Crippen molar-refractivity contribution in [2.75, 3.05) is 0 Å². The summed E-state index contributed by atoms with van der Waals surface area (Å²) in [5.74, 6) is -0.726. The van der Waals surface area contributed by atoms with Crippen molar-refractivity contribution in [1.29, 1.82) is 0 Å². The molecule has 0 bridgehead atoms. The van der Waals surface area contributed by atoms with Gasteiger partial charge in [-0.25, -0.2) is 4.39 Å². The van der Waals surface area contributed by atoms with Crippen LogP contribution in [0.4, 0.5) is 4.39 Å². The van der Waals surface area contributed by atoms with Gasteiger partial charge in [-0.05, 0) is 25.1 Å². The van der Waals surface area contributed by atoms with Gasteiger partial charge >= 0.3 is 0 Å². The largest absolute Gasteiger partial charge is 0.360 e. The van der Waals surface area contributed by atoms with Gasteiger partial charge in [0.1, 0.15) is 5.82 Å². The average Bonchev–Trinajstić information content (AvgIpc) is 2.17. The minimum Gasteiger partial charge on any atom is -0.360 e. The fourth-order valence-corrected chi connectivity index (χ4v) is 1.46. The molecule has 2 aromatic rings. The van der Waals surface area contributed by atoms with Crippen LogP contribution in [0.25, 0.3) is 10.9 Å². The van der Waals surface area contributed by atoms with Gasteiger partial charge in [0.2, 0.25) is 0 Å². The molecule has 76 valence electrons. The molecule has 2 rings (SSSR count). The molecule has 1 heterocycles. The second-order valence-electron chi connectivity index (χ2n) is 3.28. The molecule has 0 fully saturated rings. The fraction of sp³-hybridized carbons (Fsp3) is 0.0909. The summed E-state index contributed by atoms with van der Waals surface area (Å²) in [4.78, 5) is 25.5. The van der Waals surface area contributed by atoms with Gasteiger partial charge < -0.3 is 4.98 Å². The van der Waals surface area contributed by atoms with Crippen molar-refractivity contribution in [1.82, 2.24) is 4.98 Å². The molecule has 0 aliphatic rings. The first-order chi connectivity index (χ1) is 7.09. The molecule has 1 N–H and O–H groups in total. The van der Waals surface area contributed by atoms with Gasteiger partial charge in [-0.2, -0.15) is 0 Å². The maximum Gasteiger partial charge on any atom is 0.200 e. The van der Waals surface area contributed by atoms with Gasteiger partial charge in [-0.15, -0.1) is 0 Å². The van der Waals surface area contributed by atoms with Crippen LogP contribution in [-0.4, -0.2) is 10.8 Å². The van der Waals surface area contributed by atoms with Crippen LogP contribution in [0.5, 0.6) is 0 Å². The third kappa shape index (κ3) is 1.54. The molecule has 0 saturated heterocycles. The molecule has 3 nitrogen and oxygen atoms in total. The lowest BCUT2D eigenvalue weighted by atomic mass is 10.1. The van der Waals surface area contributed by atoms with Crippen LogP contribution in [0.2, 0.25) is 0 Å². The van der Waals surface area contributed by atoms with Crippen LogP contribution in [-0.2, 0) is 0 Å². The number of carbonyl (C=O) groups is 1. The first-order valence-corrected chi connectivity index (χ1v) is 4.41. The van der Waals surface area contributed by atoms with Crippen LogP contribution in [0.3, 0.4) is 0 Å². The van der Waals surface area contributed by atoms with Crippen LogP contribution in [0, 0.1) is 5.82 Å². The summed E-state index contributed by atoms with van der Waals surface area (Å²) in [6, 6.07) is 3.79. The highest BCUT2D eigenvalue weighted by Crippen LogP contribution is 2.10. The summed E-state index contributed by atoms with van der Waals surface area (Å²) in [5.41, 5.74) is 0.121. The fourth-order valence-electron chi connectivity index (χ4n) is 1.46. The number of hydrogen-bond donors (Lipinski definition) is 1. The van der Waals surface area contributed by atoms with Crippen molar-refractivity contribution >= 4 is 16.7 Å². The second kappa shape index (κ2) is 3.31. The van der Waals surface area contributed by atoms with Gasteiger partial charge in [0.25, 0.3) is 0 Å². The van der Waals surface area contributed by atoms with E-state index in [0.29, 0.717) is 10.9 Å². The first-order valence-electron chi connectivity index (χ1n) is 4.41. The number of carbonyl (C=O) groups excluding carboxylic acids is 1. The zero-order valence-electron chi connectivity index (χ0n) is 8.00. The quantitative estimate of drug-likeness (QED) is 0.722. The molecule has 4 heteroatoms. The third-order valence-electron chi connectivity index (χ3n) is 2.22. The standard InChI is InChI=1S/C11H8FNO2/c1-6(14)9-5-13-10-4-7(12)2-3-8(10)11(9)15/h2-5H,1H3,(H,13,15). The van der Waals surface area contributed by atoms with E-state index in [1.165, 1.54) is 31.3 Å². The molecule has 1 aromatic carbocycles. The molecule has 0 saturated carbocycles. The van der Waals surface area contributed by atoms with E-state index in [2.05, 4.69) is 4.98 Å². The smallest absolute Gasteiger partial charge is 0.200 e. The highest BCUT2D eigenvalue weighted by molar-refractivity contribution is 5.96. The lowest BCUT2D eigenvalue weighted by molar-refractivity contribution is 0.101. The van der Waals surface area contributed by atoms with Crippen molar-refractivity contribution in [2.45, 2.75) is 6.92 Å². The van der Waals surface area contributed by atoms with E-state index < -0.39 is 5.82 Å². The van der Waals surface area contributed by atoms with Crippen molar-refractivity contribution in [3.8, 4) is 0 Å². The average molecular weight is 205 g/mol. The number of hydrogen-bond acceptors (Lipinski definition) is 2. The topological polar surface area (TPSA) is 49.9 Å². The summed E-state index contributed by atoms with van der Waals surface area (Å²) >= 11 is 0. The summed E-state index contributed by atoms with van der Waals surface area (Å²) in [5, 5.41) is 0.323. The Balaban J connectivity index is 2.86. The SMILES string of the molecule is CC(=O)c1c[nH]c2cc(F)ccc2c1=O.